The van der Waals surface area contributed by atoms with E-state index in [2.05, 4.69) is 0 Å². The molecule has 13 heavy (non-hydrogen) atoms. The maximum absolute atomic E-state index is 10.3. The van der Waals surface area contributed by atoms with Crippen molar-refractivity contribution < 1.29 is 10.2 Å². The lowest BCUT2D eigenvalue weighted by molar-refractivity contribution is -0.111. The summed E-state index contributed by atoms with van der Waals surface area (Å²) in [7, 11) is 0. The Hall–Kier alpha value is -0.0800. The van der Waals surface area contributed by atoms with Crippen LogP contribution in [0.15, 0.2) is 0 Å². The summed E-state index contributed by atoms with van der Waals surface area (Å²) in [6.07, 6.45) is 9.08. The third kappa shape index (κ3) is 1.31. The molecule has 1 atom stereocenters. The molecule has 2 nitrogen and oxygen atoms in total. The molecule has 2 saturated carbocycles. The molecule has 0 amide bonds. The average Bonchev–Trinajstić information content (AvgIpc) is 2.47. The zero-order chi connectivity index (χ0) is 9.36. The van der Waals surface area contributed by atoms with Gasteiger partial charge in [0.1, 0.15) is 0 Å². The van der Waals surface area contributed by atoms with E-state index in [9.17, 15) is 10.2 Å². The van der Waals surface area contributed by atoms with Gasteiger partial charge in [-0.3, -0.25) is 0 Å². The second kappa shape index (κ2) is 3.25. The fourth-order valence-electron chi connectivity index (χ4n) is 3.41. The molecule has 0 heterocycles. The van der Waals surface area contributed by atoms with Crippen molar-refractivity contribution in [3.8, 4) is 0 Å². The van der Waals surface area contributed by atoms with Gasteiger partial charge in [-0.25, -0.2) is 0 Å². The molecule has 2 rings (SSSR count). The topological polar surface area (TPSA) is 40.5 Å². The van der Waals surface area contributed by atoms with E-state index >= 15 is 0 Å². The van der Waals surface area contributed by atoms with Crippen molar-refractivity contribution in [2.75, 3.05) is 6.61 Å². The molecule has 2 N–H and O–H groups in total. The minimum absolute atomic E-state index is 0.0347. The van der Waals surface area contributed by atoms with Crippen LogP contribution in [-0.2, 0) is 0 Å². The first-order valence-corrected chi connectivity index (χ1v) is 5.56. The standard InChI is InChI=1S/C11H20O2/c12-9-11(13)8-4-7-10(11)5-2-1-3-6-10/h12-13H,1-9H2. The number of rotatable bonds is 1. The molecular weight excluding hydrogens is 164 g/mol. The van der Waals surface area contributed by atoms with Crippen LogP contribution in [0.25, 0.3) is 0 Å². The van der Waals surface area contributed by atoms with Crippen molar-refractivity contribution in [1.29, 1.82) is 0 Å². The van der Waals surface area contributed by atoms with Gasteiger partial charge in [-0.2, -0.15) is 0 Å². The first kappa shape index (κ1) is 9.47. The summed E-state index contributed by atoms with van der Waals surface area (Å²) in [5.74, 6) is 0. The zero-order valence-electron chi connectivity index (χ0n) is 8.26. The van der Waals surface area contributed by atoms with Crippen molar-refractivity contribution in [2.45, 2.75) is 57.0 Å². The van der Waals surface area contributed by atoms with Crippen molar-refractivity contribution in [2.24, 2.45) is 5.41 Å². The van der Waals surface area contributed by atoms with E-state index in [4.69, 9.17) is 0 Å². The lowest BCUT2D eigenvalue weighted by Gasteiger charge is -2.44. The number of hydrogen-bond acceptors (Lipinski definition) is 2. The van der Waals surface area contributed by atoms with Gasteiger partial charge in [0.2, 0.25) is 0 Å². The van der Waals surface area contributed by atoms with E-state index in [1.54, 1.807) is 0 Å². The highest BCUT2D eigenvalue weighted by atomic mass is 16.3. The van der Waals surface area contributed by atoms with E-state index in [1.165, 1.54) is 19.3 Å². The van der Waals surface area contributed by atoms with Crippen LogP contribution < -0.4 is 0 Å². The number of hydrogen-bond donors (Lipinski definition) is 2. The summed E-state index contributed by atoms with van der Waals surface area (Å²) in [5, 5.41) is 19.6. The fraction of sp³-hybridized carbons (Fsp3) is 1.00. The Morgan fingerprint density at radius 1 is 0.846 bits per heavy atom. The smallest absolute Gasteiger partial charge is 0.0933 e. The summed E-state index contributed by atoms with van der Waals surface area (Å²) in [4.78, 5) is 0. The van der Waals surface area contributed by atoms with Crippen LogP contribution in [0.1, 0.15) is 51.4 Å². The Bertz CT molecular complexity index is 185. The Kier molecular flexibility index (Phi) is 2.37. The second-order valence-corrected chi connectivity index (χ2v) is 4.88. The molecule has 2 aliphatic rings. The van der Waals surface area contributed by atoms with Crippen LogP contribution in [-0.4, -0.2) is 22.4 Å². The highest BCUT2D eigenvalue weighted by molar-refractivity contribution is 5.04. The zero-order valence-corrected chi connectivity index (χ0v) is 8.26. The Morgan fingerprint density at radius 3 is 2.08 bits per heavy atom. The highest BCUT2D eigenvalue weighted by Gasteiger charge is 2.53. The molecular formula is C11H20O2. The summed E-state index contributed by atoms with van der Waals surface area (Å²) in [6.45, 7) is -0.0347. The molecule has 0 radical (unpaired) electrons. The molecule has 1 unspecified atom stereocenters. The molecule has 2 aliphatic carbocycles. The van der Waals surface area contributed by atoms with Gasteiger partial charge >= 0.3 is 0 Å². The van der Waals surface area contributed by atoms with Gasteiger partial charge in [-0.15, -0.1) is 0 Å². The maximum atomic E-state index is 10.3. The summed E-state index contributed by atoms with van der Waals surface area (Å²) in [6, 6.07) is 0. The molecule has 1 spiro atoms. The van der Waals surface area contributed by atoms with E-state index in [1.807, 2.05) is 0 Å². The Labute approximate surface area is 80.0 Å². The largest absolute Gasteiger partial charge is 0.393 e. The van der Waals surface area contributed by atoms with Crippen LogP contribution in [0.4, 0.5) is 0 Å². The van der Waals surface area contributed by atoms with Gasteiger partial charge in [-0.05, 0) is 32.1 Å². The predicted octanol–water partition coefficient (Wildman–Crippen LogP) is 1.84. The predicted molar refractivity (Wildman–Crippen MR) is 51.4 cm³/mol. The van der Waals surface area contributed by atoms with Crippen molar-refractivity contribution in [3.63, 3.8) is 0 Å². The lowest BCUT2D eigenvalue weighted by Crippen LogP contribution is -2.48. The molecule has 76 valence electrons. The second-order valence-electron chi connectivity index (χ2n) is 4.88. The molecule has 2 fully saturated rings. The molecule has 0 aromatic rings. The first-order valence-electron chi connectivity index (χ1n) is 5.56. The minimum Gasteiger partial charge on any atom is -0.393 e. The average molecular weight is 184 g/mol. The summed E-state index contributed by atoms with van der Waals surface area (Å²) < 4.78 is 0. The molecule has 0 saturated heterocycles. The molecule has 2 heteroatoms. The van der Waals surface area contributed by atoms with Crippen LogP contribution in [0.2, 0.25) is 0 Å². The summed E-state index contributed by atoms with van der Waals surface area (Å²) in [5.41, 5.74) is -0.659. The molecule has 0 aromatic carbocycles. The van der Waals surface area contributed by atoms with Gasteiger partial charge in [-0.1, -0.05) is 19.3 Å². The normalized spacial score (nSPS) is 38.3. The van der Waals surface area contributed by atoms with Crippen LogP contribution >= 0.6 is 0 Å². The fourth-order valence-corrected chi connectivity index (χ4v) is 3.41. The molecule has 0 bridgehead atoms. The number of aliphatic hydroxyl groups excluding tert-OH is 1. The van der Waals surface area contributed by atoms with E-state index in [-0.39, 0.29) is 12.0 Å². The van der Waals surface area contributed by atoms with E-state index < -0.39 is 5.60 Å². The maximum Gasteiger partial charge on any atom is 0.0933 e. The third-order valence-electron chi connectivity index (χ3n) is 4.31. The van der Waals surface area contributed by atoms with Gasteiger partial charge < -0.3 is 10.2 Å². The first-order chi connectivity index (χ1) is 6.22. The summed E-state index contributed by atoms with van der Waals surface area (Å²) >= 11 is 0. The van der Waals surface area contributed by atoms with Crippen molar-refractivity contribution in [3.05, 3.63) is 0 Å². The van der Waals surface area contributed by atoms with Crippen molar-refractivity contribution in [1.82, 2.24) is 0 Å². The van der Waals surface area contributed by atoms with Crippen molar-refractivity contribution >= 4 is 0 Å². The highest BCUT2D eigenvalue weighted by Crippen LogP contribution is 2.54. The van der Waals surface area contributed by atoms with Crippen LogP contribution in [0.5, 0.6) is 0 Å². The van der Waals surface area contributed by atoms with Crippen LogP contribution in [0.3, 0.4) is 0 Å². The van der Waals surface area contributed by atoms with E-state index in [0.717, 1.165) is 32.1 Å². The molecule has 0 aliphatic heterocycles. The third-order valence-corrected chi connectivity index (χ3v) is 4.31. The molecule has 0 aromatic heterocycles. The lowest BCUT2D eigenvalue weighted by atomic mass is 9.65. The van der Waals surface area contributed by atoms with Gasteiger partial charge in [0.25, 0.3) is 0 Å². The van der Waals surface area contributed by atoms with Gasteiger partial charge in [0, 0.05) is 5.41 Å². The minimum atomic E-state index is -0.743. The Morgan fingerprint density at radius 2 is 1.46 bits per heavy atom. The quantitative estimate of drug-likeness (QED) is 0.653. The number of aliphatic hydroxyl groups is 2. The monoisotopic (exact) mass is 184 g/mol. The van der Waals surface area contributed by atoms with Crippen LogP contribution in [0, 0.1) is 5.41 Å². The van der Waals surface area contributed by atoms with E-state index in [0.29, 0.717) is 0 Å². The van der Waals surface area contributed by atoms with Gasteiger partial charge in [0.05, 0.1) is 12.2 Å². The van der Waals surface area contributed by atoms with Gasteiger partial charge in [0.15, 0.2) is 0 Å². The Balaban J connectivity index is 2.18. The SMILES string of the molecule is OCC1(O)CCCC12CCCCC2.